The highest BCUT2D eigenvalue weighted by molar-refractivity contribution is 5.84. The van der Waals surface area contributed by atoms with Gasteiger partial charge in [-0.3, -0.25) is 0 Å². The number of fused-ring (bicyclic) bond motifs is 3. The minimum absolute atomic E-state index is 0.0193. The van der Waals surface area contributed by atoms with Crippen molar-refractivity contribution in [2.45, 2.75) is 50.5 Å². The summed E-state index contributed by atoms with van der Waals surface area (Å²) < 4.78 is 0. The van der Waals surface area contributed by atoms with Crippen LogP contribution < -0.4 is 9.80 Å². The third-order valence-electron chi connectivity index (χ3n) is 14.5. The highest BCUT2D eigenvalue weighted by Gasteiger charge is 2.57. The van der Waals surface area contributed by atoms with Crippen molar-refractivity contribution in [3.8, 4) is 55.6 Å². The molecule has 1 fully saturated rings. The van der Waals surface area contributed by atoms with Gasteiger partial charge in [-0.05, 0) is 142 Å². The van der Waals surface area contributed by atoms with Crippen LogP contribution in [-0.4, -0.2) is 5.54 Å². The lowest BCUT2D eigenvalue weighted by Gasteiger charge is -2.50. The van der Waals surface area contributed by atoms with Crippen LogP contribution in [0.25, 0.3) is 55.6 Å². The van der Waals surface area contributed by atoms with E-state index in [0.717, 1.165) is 17.1 Å². The Labute approximate surface area is 378 Å². The average Bonchev–Trinajstić information content (AvgIpc) is 3.58. The van der Waals surface area contributed by atoms with Crippen LogP contribution in [0.15, 0.2) is 231 Å². The lowest BCUT2D eigenvalue weighted by molar-refractivity contribution is 0.195. The first-order valence-electron chi connectivity index (χ1n) is 22.9. The minimum atomic E-state index is -0.0193. The van der Waals surface area contributed by atoms with E-state index in [0.29, 0.717) is 0 Å². The van der Waals surface area contributed by atoms with E-state index in [1.807, 2.05) is 0 Å². The Balaban J connectivity index is 0.891. The summed E-state index contributed by atoms with van der Waals surface area (Å²) >= 11 is 0. The van der Waals surface area contributed by atoms with Crippen LogP contribution in [0, 0.1) is 0 Å². The second kappa shape index (κ2) is 16.4. The van der Waals surface area contributed by atoms with Gasteiger partial charge in [0.25, 0.3) is 0 Å². The molecule has 9 aromatic carbocycles. The van der Waals surface area contributed by atoms with Crippen molar-refractivity contribution in [3.63, 3.8) is 0 Å². The van der Waals surface area contributed by atoms with Crippen molar-refractivity contribution in [3.05, 3.63) is 236 Å². The maximum Gasteiger partial charge on any atom is 0.0517 e. The average molecular weight is 825 g/mol. The molecule has 2 unspecified atom stereocenters. The third kappa shape index (κ3) is 7.00. The van der Waals surface area contributed by atoms with Gasteiger partial charge in [0, 0.05) is 33.9 Å². The second-order valence-electron chi connectivity index (χ2n) is 18.1. The first-order valence-corrected chi connectivity index (χ1v) is 22.9. The predicted molar refractivity (Wildman–Crippen MR) is 271 cm³/mol. The molecule has 0 spiro atoms. The van der Waals surface area contributed by atoms with Crippen LogP contribution in [0.2, 0.25) is 0 Å². The summed E-state index contributed by atoms with van der Waals surface area (Å²) in [6.45, 7) is 5.05. The molecule has 0 bridgehead atoms. The zero-order chi connectivity index (χ0) is 43.1. The summed E-state index contributed by atoms with van der Waals surface area (Å²) in [6, 6.07) is 84.4. The van der Waals surface area contributed by atoms with E-state index in [-0.39, 0.29) is 11.0 Å². The summed E-state index contributed by atoms with van der Waals surface area (Å²) in [5.74, 6) is 0. The largest absolute Gasteiger partial charge is 0.334 e. The Morgan fingerprint density at radius 1 is 0.344 bits per heavy atom. The monoisotopic (exact) mass is 824 g/mol. The Morgan fingerprint density at radius 3 is 1.09 bits per heavy atom. The summed E-state index contributed by atoms with van der Waals surface area (Å²) in [4.78, 5) is 5.04. The molecular formula is C62H52N2. The van der Waals surface area contributed by atoms with Gasteiger partial charge in [-0.2, -0.15) is 0 Å². The van der Waals surface area contributed by atoms with Crippen LogP contribution in [0.5, 0.6) is 0 Å². The zero-order valence-corrected chi connectivity index (χ0v) is 36.7. The third-order valence-corrected chi connectivity index (χ3v) is 14.5. The molecule has 2 nitrogen and oxygen atoms in total. The van der Waals surface area contributed by atoms with Gasteiger partial charge in [-0.1, -0.05) is 190 Å². The van der Waals surface area contributed by atoms with Gasteiger partial charge >= 0.3 is 0 Å². The Kier molecular flexibility index (Phi) is 10.1. The second-order valence-corrected chi connectivity index (χ2v) is 18.1. The number of nitrogens with zero attached hydrogens (tertiary/aromatic N) is 2. The van der Waals surface area contributed by atoms with Gasteiger partial charge in [0.15, 0.2) is 0 Å². The first-order chi connectivity index (χ1) is 31.4. The number of hydrogen-bond donors (Lipinski definition) is 0. The van der Waals surface area contributed by atoms with E-state index in [9.17, 15) is 0 Å². The Hall–Kier alpha value is -7.42. The van der Waals surface area contributed by atoms with Gasteiger partial charge in [-0.25, -0.2) is 0 Å². The van der Waals surface area contributed by atoms with Crippen LogP contribution in [-0.2, 0) is 5.41 Å². The fourth-order valence-corrected chi connectivity index (χ4v) is 10.7. The topological polar surface area (TPSA) is 6.48 Å². The molecular weight excluding hydrogens is 773 g/mol. The van der Waals surface area contributed by atoms with Crippen LogP contribution in [0.3, 0.4) is 0 Å². The van der Waals surface area contributed by atoms with E-state index in [1.54, 1.807) is 0 Å². The van der Waals surface area contributed by atoms with E-state index in [2.05, 4.69) is 254 Å². The van der Waals surface area contributed by atoms with Crippen molar-refractivity contribution in [2.75, 3.05) is 9.80 Å². The molecule has 11 rings (SSSR count). The normalized spacial score (nSPS) is 17.7. The molecule has 0 radical (unpaired) electrons. The summed E-state index contributed by atoms with van der Waals surface area (Å²) in [5.41, 5.74) is 19.8. The van der Waals surface area contributed by atoms with E-state index in [4.69, 9.17) is 0 Å². The number of rotatable bonds is 9. The van der Waals surface area contributed by atoms with Gasteiger partial charge in [0.05, 0.1) is 5.54 Å². The fraction of sp³-hybridized carbons (Fsp3) is 0.129. The van der Waals surface area contributed by atoms with E-state index >= 15 is 0 Å². The van der Waals surface area contributed by atoms with Crippen LogP contribution in [0.4, 0.5) is 28.4 Å². The van der Waals surface area contributed by atoms with Crippen molar-refractivity contribution >= 4 is 28.4 Å². The van der Waals surface area contributed by atoms with Crippen LogP contribution >= 0.6 is 0 Å². The van der Waals surface area contributed by atoms with Crippen LogP contribution in [0.1, 0.15) is 45.1 Å². The fourth-order valence-electron chi connectivity index (χ4n) is 10.7. The lowest BCUT2D eigenvalue weighted by Crippen LogP contribution is -2.54. The number of anilines is 5. The van der Waals surface area contributed by atoms with Gasteiger partial charge < -0.3 is 9.80 Å². The molecule has 1 aliphatic heterocycles. The number of hydrogen-bond acceptors (Lipinski definition) is 2. The molecule has 0 aromatic heterocycles. The maximum atomic E-state index is 2.68. The summed E-state index contributed by atoms with van der Waals surface area (Å²) in [5, 5.41) is 0. The molecule has 0 saturated heterocycles. The molecule has 1 heterocycles. The predicted octanol–water partition coefficient (Wildman–Crippen LogP) is 17.2. The smallest absolute Gasteiger partial charge is 0.0517 e. The molecule has 0 N–H and O–H groups in total. The minimum Gasteiger partial charge on any atom is -0.334 e. The molecule has 1 aliphatic carbocycles. The van der Waals surface area contributed by atoms with E-state index in [1.165, 1.54) is 98.3 Å². The highest BCUT2D eigenvalue weighted by atomic mass is 15.3. The molecule has 1 saturated carbocycles. The lowest BCUT2D eigenvalue weighted by atomic mass is 9.61. The van der Waals surface area contributed by atoms with Crippen molar-refractivity contribution in [2.24, 2.45) is 0 Å². The molecule has 64 heavy (non-hydrogen) atoms. The standard InChI is InChI=1S/C62H52N2/c1-61-42-12-13-43-62(61,2)64(60-41-32-54(44-59(60)61)53-22-20-48(21-23-53)45-14-6-3-7-15-45)58-39-30-52(31-40-58)51-28-37-57(38-29-51)63(55-33-24-49(25-34-55)46-16-8-4-9-17-46)56-35-26-50(27-36-56)47-18-10-5-11-19-47/h3-11,14-41,44H,12-13,42-43H2,1-2H3. The maximum absolute atomic E-state index is 2.68. The quantitative estimate of drug-likeness (QED) is 0.143. The Bertz CT molecular complexity index is 2930. The first kappa shape index (κ1) is 39.4. The van der Waals surface area contributed by atoms with Crippen molar-refractivity contribution < 1.29 is 0 Å². The van der Waals surface area contributed by atoms with Gasteiger partial charge in [0.1, 0.15) is 0 Å². The summed E-state index contributed by atoms with van der Waals surface area (Å²) in [7, 11) is 0. The van der Waals surface area contributed by atoms with E-state index < -0.39 is 0 Å². The summed E-state index contributed by atoms with van der Waals surface area (Å²) in [6.07, 6.45) is 4.88. The molecule has 0 amide bonds. The number of benzene rings is 9. The molecule has 2 heteroatoms. The molecule has 2 atom stereocenters. The van der Waals surface area contributed by atoms with Crippen molar-refractivity contribution in [1.29, 1.82) is 0 Å². The van der Waals surface area contributed by atoms with Gasteiger partial charge in [-0.15, -0.1) is 0 Å². The van der Waals surface area contributed by atoms with Gasteiger partial charge in [0.2, 0.25) is 0 Å². The highest BCUT2D eigenvalue weighted by Crippen LogP contribution is 2.61. The zero-order valence-electron chi connectivity index (χ0n) is 36.7. The molecule has 310 valence electrons. The SMILES string of the molecule is CC12CCCCC1(C)N(c1ccc(-c3ccc(N(c4ccc(-c5ccccc5)cc4)c4ccc(-c5ccccc5)cc4)cc3)cc1)c1ccc(-c3ccc(-c4ccccc4)cc3)cc12. The van der Waals surface area contributed by atoms with Crippen molar-refractivity contribution in [1.82, 2.24) is 0 Å². The molecule has 9 aromatic rings. The molecule has 2 aliphatic rings. The Morgan fingerprint density at radius 2 is 0.672 bits per heavy atom.